The molecule has 1 aliphatic heterocycles. The number of morpholine rings is 1. The van der Waals surface area contributed by atoms with Crippen molar-refractivity contribution in [2.45, 2.75) is 17.5 Å². The fourth-order valence-electron chi connectivity index (χ4n) is 1.98. The molecule has 2 rings (SSSR count). The number of benzene rings is 1. The van der Waals surface area contributed by atoms with Crippen molar-refractivity contribution in [3.8, 4) is 0 Å². The summed E-state index contributed by atoms with van der Waals surface area (Å²) in [7, 11) is 0. The first-order valence-electron chi connectivity index (χ1n) is 5.89. The molecule has 0 spiro atoms. The van der Waals surface area contributed by atoms with Crippen molar-refractivity contribution in [1.29, 1.82) is 0 Å². The van der Waals surface area contributed by atoms with E-state index in [1.165, 1.54) is 10.5 Å². The van der Waals surface area contributed by atoms with Crippen molar-refractivity contribution in [3.63, 3.8) is 0 Å². The van der Waals surface area contributed by atoms with Crippen LogP contribution < -0.4 is 0 Å². The van der Waals surface area contributed by atoms with E-state index in [9.17, 15) is 4.79 Å². The van der Waals surface area contributed by atoms with E-state index in [4.69, 9.17) is 9.84 Å². The van der Waals surface area contributed by atoms with Crippen LogP contribution in [-0.2, 0) is 16.1 Å². The van der Waals surface area contributed by atoms with Crippen LogP contribution in [0, 0.1) is 0 Å². The molecule has 0 radical (unpaired) electrons. The third kappa shape index (κ3) is 3.48. The standard InChI is InChI=1S/C13H17NO3S/c1-18-11-4-2-10(3-5-11)8-14-6-7-17-12(9-14)13(15)16/h2-5,12H,6-9H2,1H3,(H,15,16). The highest BCUT2D eigenvalue weighted by Crippen LogP contribution is 2.16. The molecule has 1 atom stereocenters. The Morgan fingerprint density at radius 2 is 2.22 bits per heavy atom. The van der Waals surface area contributed by atoms with Crippen LogP contribution in [0.3, 0.4) is 0 Å². The molecule has 0 saturated carbocycles. The van der Waals surface area contributed by atoms with E-state index in [0.29, 0.717) is 13.2 Å². The van der Waals surface area contributed by atoms with E-state index in [2.05, 4.69) is 35.4 Å². The summed E-state index contributed by atoms with van der Waals surface area (Å²) in [5.74, 6) is -0.877. The molecule has 0 aromatic heterocycles. The molecule has 98 valence electrons. The summed E-state index contributed by atoms with van der Waals surface area (Å²) in [6.45, 7) is 2.51. The zero-order valence-corrected chi connectivity index (χ0v) is 11.2. The Kier molecular flexibility index (Phi) is 4.63. The van der Waals surface area contributed by atoms with E-state index >= 15 is 0 Å². The van der Waals surface area contributed by atoms with Crippen molar-refractivity contribution in [2.24, 2.45) is 0 Å². The molecule has 18 heavy (non-hydrogen) atoms. The number of aliphatic carboxylic acids is 1. The van der Waals surface area contributed by atoms with Crippen LogP contribution in [0.4, 0.5) is 0 Å². The lowest BCUT2D eigenvalue weighted by molar-refractivity contribution is -0.156. The lowest BCUT2D eigenvalue weighted by Gasteiger charge is -2.30. The molecule has 1 N–H and O–H groups in total. The van der Waals surface area contributed by atoms with Crippen LogP contribution in [0.25, 0.3) is 0 Å². The molecule has 1 saturated heterocycles. The van der Waals surface area contributed by atoms with Gasteiger partial charge in [0.05, 0.1) is 6.61 Å². The van der Waals surface area contributed by atoms with Crippen LogP contribution in [-0.4, -0.2) is 48.0 Å². The lowest BCUT2D eigenvalue weighted by atomic mass is 10.2. The number of hydrogen-bond donors (Lipinski definition) is 1. The van der Waals surface area contributed by atoms with Gasteiger partial charge in [-0.25, -0.2) is 4.79 Å². The topological polar surface area (TPSA) is 49.8 Å². The first-order valence-corrected chi connectivity index (χ1v) is 7.11. The van der Waals surface area contributed by atoms with Crippen molar-refractivity contribution in [3.05, 3.63) is 29.8 Å². The Hall–Kier alpha value is -1.04. The van der Waals surface area contributed by atoms with Gasteiger partial charge in [0, 0.05) is 24.5 Å². The number of ether oxygens (including phenoxy) is 1. The highest BCUT2D eigenvalue weighted by atomic mass is 32.2. The van der Waals surface area contributed by atoms with E-state index in [0.717, 1.165) is 13.1 Å². The second-order valence-corrected chi connectivity index (χ2v) is 5.16. The van der Waals surface area contributed by atoms with Gasteiger partial charge in [-0.2, -0.15) is 0 Å². The quantitative estimate of drug-likeness (QED) is 0.841. The zero-order valence-electron chi connectivity index (χ0n) is 10.3. The summed E-state index contributed by atoms with van der Waals surface area (Å²) < 4.78 is 5.20. The number of hydrogen-bond acceptors (Lipinski definition) is 4. The van der Waals surface area contributed by atoms with E-state index in [1.54, 1.807) is 11.8 Å². The molecule has 0 aliphatic carbocycles. The maximum Gasteiger partial charge on any atom is 0.334 e. The fourth-order valence-corrected chi connectivity index (χ4v) is 2.39. The maximum atomic E-state index is 10.9. The Labute approximate surface area is 111 Å². The van der Waals surface area contributed by atoms with Gasteiger partial charge >= 0.3 is 5.97 Å². The summed E-state index contributed by atoms with van der Waals surface area (Å²) in [6, 6.07) is 8.37. The zero-order chi connectivity index (χ0) is 13.0. The van der Waals surface area contributed by atoms with Gasteiger partial charge in [-0.3, -0.25) is 4.90 Å². The Morgan fingerprint density at radius 1 is 1.50 bits per heavy atom. The molecule has 1 aliphatic rings. The number of thioether (sulfide) groups is 1. The van der Waals surface area contributed by atoms with Gasteiger partial charge in [-0.05, 0) is 24.0 Å². The van der Waals surface area contributed by atoms with Crippen molar-refractivity contribution in [2.75, 3.05) is 26.0 Å². The summed E-state index contributed by atoms with van der Waals surface area (Å²) >= 11 is 1.72. The number of carboxylic acid groups (broad SMARTS) is 1. The number of rotatable bonds is 4. The van der Waals surface area contributed by atoms with Gasteiger partial charge in [0.2, 0.25) is 0 Å². The molecule has 4 nitrogen and oxygen atoms in total. The monoisotopic (exact) mass is 267 g/mol. The predicted molar refractivity (Wildman–Crippen MR) is 70.9 cm³/mol. The van der Waals surface area contributed by atoms with Crippen molar-refractivity contribution in [1.82, 2.24) is 4.90 Å². The van der Waals surface area contributed by atoms with E-state index < -0.39 is 12.1 Å². The molecule has 0 bridgehead atoms. The summed E-state index contributed by atoms with van der Waals surface area (Å²) in [5.41, 5.74) is 1.21. The largest absolute Gasteiger partial charge is 0.479 e. The molecular formula is C13H17NO3S. The normalized spacial score (nSPS) is 20.8. The third-order valence-corrected chi connectivity index (χ3v) is 3.73. The predicted octanol–water partition coefficient (Wildman–Crippen LogP) is 1.69. The lowest BCUT2D eigenvalue weighted by Crippen LogP contribution is -2.45. The van der Waals surface area contributed by atoms with Crippen LogP contribution >= 0.6 is 11.8 Å². The van der Waals surface area contributed by atoms with Crippen LogP contribution in [0.2, 0.25) is 0 Å². The van der Waals surface area contributed by atoms with E-state index in [1.807, 2.05) is 0 Å². The Balaban J connectivity index is 1.93. The smallest absolute Gasteiger partial charge is 0.334 e. The fraction of sp³-hybridized carbons (Fsp3) is 0.462. The molecule has 0 amide bonds. The van der Waals surface area contributed by atoms with Crippen LogP contribution in [0.5, 0.6) is 0 Å². The van der Waals surface area contributed by atoms with E-state index in [-0.39, 0.29) is 0 Å². The van der Waals surface area contributed by atoms with Gasteiger partial charge in [0.15, 0.2) is 6.10 Å². The highest BCUT2D eigenvalue weighted by molar-refractivity contribution is 7.98. The summed E-state index contributed by atoms with van der Waals surface area (Å²) in [4.78, 5) is 14.2. The average molecular weight is 267 g/mol. The molecule has 1 fully saturated rings. The minimum Gasteiger partial charge on any atom is -0.479 e. The van der Waals surface area contributed by atoms with Gasteiger partial charge in [0.25, 0.3) is 0 Å². The molecule has 5 heteroatoms. The Bertz CT molecular complexity index is 407. The van der Waals surface area contributed by atoms with Crippen molar-refractivity contribution >= 4 is 17.7 Å². The molecular weight excluding hydrogens is 250 g/mol. The second-order valence-electron chi connectivity index (χ2n) is 4.28. The minimum atomic E-state index is -0.877. The van der Waals surface area contributed by atoms with Gasteiger partial charge < -0.3 is 9.84 Å². The SMILES string of the molecule is CSc1ccc(CN2CCOC(C(=O)O)C2)cc1. The van der Waals surface area contributed by atoms with Crippen LogP contribution in [0.1, 0.15) is 5.56 Å². The Morgan fingerprint density at radius 3 is 2.83 bits per heavy atom. The van der Waals surface area contributed by atoms with Crippen molar-refractivity contribution < 1.29 is 14.6 Å². The first kappa shape index (κ1) is 13.4. The number of carboxylic acids is 1. The van der Waals surface area contributed by atoms with Crippen LogP contribution in [0.15, 0.2) is 29.2 Å². The summed E-state index contributed by atoms with van der Waals surface area (Å²) in [6.07, 6.45) is 1.36. The van der Waals surface area contributed by atoms with Gasteiger partial charge in [-0.15, -0.1) is 11.8 Å². The third-order valence-electron chi connectivity index (χ3n) is 2.99. The number of nitrogens with zero attached hydrogens (tertiary/aromatic N) is 1. The first-order chi connectivity index (χ1) is 8.69. The highest BCUT2D eigenvalue weighted by Gasteiger charge is 2.25. The molecule has 1 aromatic carbocycles. The minimum absolute atomic E-state index is 0.458. The van der Waals surface area contributed by atoms with Gasteiger partial charge in [-0.1, -0.05) is 12.1 Å². The van der Waals surface area contributed by atoms with Gasteiger partial charge in [0.1, 0.15) is 0 Å². The summed E-state index contributed by atoms with van der Waals surface area (Å²) in [5, 5.41) is 8.94. The maximum absolute atomic E-state index is 10.9. The number of carbonyl (C=O) groups is 1. The molecule has 1 aromatic rings. The average Bonchev–Trinajstić information content (AvgIpc) is 2.40. The molecule has 1 unspecified atom stereocenters. The molecule has 1 heterocycles. The second kappa shape index (κ2) is 6.22.